The van der Waals surface area contributed by atoms with E-state index in [0.29, 0.717) is 6.54 Å². The van der Waals surface area contributed by atoms with Gasteiger partial charge in [0.05, 0.1) is 17.2 Å². The fourth-order valence-electron chi connectivity index (χ4n) is 7.04. The molecule has 4 aromatic carbocycles. The second-order valence-corrected chi connectivity index (χ2v) is 12.1. The first kappa shape index (κ1) is 26.8. The topological polar surface area (TPSA) is 43.5 Å². The van der Waals surface area contributed by atoms with Crippen LogP contribution in [0.2, 0.25) is 0 Å². The van der Waals surface area contributed by atoms with Crippen molar-refractivity contribution in [3.05, 3.63) is 120 Å². The van der Waals surface area contributed by atoms with Crippen molar-refractivity contribution in [2.75, 3.05) is 18.5 Å². The molecular weight excluding hydrogens is 504 g/mol. The van der Waals surface area contributed by atoms with Crippen molar-refractivity contribution in [3.63, 3.8) is 0 Å². The Kier molecular flexibility index (Phi) is 6.45. The average molecular weight is 542 g/mol. The summed E-state index contributed by atoms with van der Waals surface area (Å²) in [7, 11) is 2.18. The summed E-state index contributed by atoms with van der Waals surface area (Å²) < 4.78 is 2.36. The number of carboxylic acid groups (broad SMARTS) is 1. The van der Waals surface area contributed by atoms with Gasteiger partial charge in [-0.1, -0.05) is 92.7 Å². The Hall–Kier alpha value is -4.44. The lowest BCUT2D eigenvalue weighted by molar-refractivity contribution is -0.399. The largest absolute Gasteiger partial charge is 0.481 e. The molecule has 2 aliphatic rings. The maximum Gasteiger partial charge on any atom is 0.305 e. The highest BCUT2D eigenvalue weighted by atomic mass is 16.4. The summed E-state index contributed by atoms with van der Waals surface area (Å²) >= 11 is 0. The van der Waals surface area contributed by atoms with Gasteiger partial charge in [-0.3, -0.25) is 4.79 Å². The average Bonchev–Trinajstić information content (AvgIpc) is 3.30. The number of aliphatic carboxylic acids is 1. The summed E-state index contributed by atoms with van der Waals surface area (Å²) in [5.41, 5.74) is 6.96. The normalized spacial score (nSPS) is 18.4. The molecule has 4 aromatic rings. The second-order valence-electron chi connectivity index (χ2n) is 12.1. The SMILES string of the molecule is C[N+]1=C(C=CC=CC=C2N(CCC(=O)O)c3ccccc3C2(C)C)C(C)(C)c2c1c1ccccc1c1ccccc21. The van der Waals surface area contributed by atoms with Crippen molar-refractivity contribution in [1.82, 2.24) is 0 Å². The molecule has 0 spiro atoms. The number of fused-ring (bicyclic) bond motifs is 7. The highest BCUT2D eigenvalue weighted by Crippen LogP contribution is 2.49. The molecule has 0 atom stereocenters. The molecule has 6 rings (SSSR count). The van der Waals surface area contributed by atoms with E-state index >= 15 is 0 Å². The molecule has 4 heteroatoms. The van der Waals surface area contributed by atoms with Crippen molar-refractivity contribution in [1.29, 1.82) is 0 Å². The number of nitrogens with zero attached hydrogens (tertiary/aromatic N) is 2. The van der Waals surface area contributed by atoms with E-state index in [1.165, 1.54) is 44.1 Å². The molecule has 206 valence electrons. The minimum Gasteiger partial charge on any atom is -0.481 e. The summed E-state index contributed by atoms with van der Waals surface area (Å²) in [5.74, 6) is -0.785. The number of benzene rings is 4. The summed E-state index contributed by atoms with van der Waals surface area (Å²) in [6, 6.07) is 25.8. The van der Waals surface area contributed by atoms with Gasteiger partial charge in [0.15, 0.2) is 5.71 Å². The molecule has 0 bridgehead atoms. The van der Waals surface area contributed by atoms with Gasteiger partial charge in [0, 0.05) is 35.0 Å². The molecule has 0 amide bonds. The van der Waals surface area contributed by atoms with E-state index in [4.69, 9.17) is 0 Å². The van der Waals surface area contributed by atoms with Crippen molar-refractivity contribution < 1.29 is 14.5 Å². The zero-order valence-corrected chi connectivity index (χ0v) is 24.5. The minimum atomic E-state index is -0.785. The predicted octanol–water partition coefficient (Wildman–Crippen LogP) is 8.27. The van der Waals surface area contributed by atoms with Crippen molar-refractivity contribution in [3.8, 4) is 0 Å². The fourth-order valence-corrected chi connectivity index (χ4v) is 7.04. The van der Waals surface area contributed by atoms with Gasteiger partial charge in [0.25, 0.3) is 0 Å². The van der Waals surface area contributed by atoms with Crippen LogP contribution in [0.4, 0.5) is 11.4 Å². The fraction of sp³-hybridized carbons (Fsp3) is 0.243. The molecule has 0 saturated heterocycles. The van der Waals surface area contributed by atoms with Crippen molar-refractivity contribution in [2.45, 2.75) is 44.9 Å². The number of carbonyl (C=O) groups is 1. The van der Waals surface area contributed by atoms with Crippen LogP contribution < -0.4 is 4.90 Å². The molecule has 41 heavy (non-hydrogen) atoms. The molecule has 4 nitrogen and oxygen atoms in total. The maximum atomic E-state index is 11.4. The zero-order valence-electron chi connectivity index (χ0n) is 24.5. The standard InChI is InChI=1S/C37H36N2O2/c1-36(2)29-19-13-14-20-30(29)39(24-23-33(40)41)32(36)22-8-6-7-21-31-37(3,4)34-27-17-11-9-15-25(27)26-16-10-12-18-28(26)35(34)38(31)5/h6-22H,23-24H2,1-5H3/p+1. The van der Waals surface area contributed by atoms with Gasteiger partial charge in [0.1, 0.15) is 7.05 Å². The van der Waals surface area contributed by atoms with Gasteiger partial charge in [0.2, 0.25) is 5.69 Å². The molecule has 0 aromatic heterocycles. The third-order valence-electron chi connectivity index (χ3n) is 8.95. The Morgan fingerprint density at radius 3 is 2.12 bits per heavy atom. The molecule has 0 aliphatic carbocycles. The van der Waals surface area contributed by atoms with Gasteiger partial charge >= 0.3 is 5.97 Å². The monoisotopic (exact) mass is 541 g/mol. The van der Waals surface area contributed by atoms with Gasteiger partial charge in [-0.05, 0) is 53.8 Å². The third-order valence-corrected chi connectivity index (χ3v) is 8.95. The van der Waals surface area contributed by atoms with E-state index in [1.54, 1.807) is 0 Å². The second kappa shape index (κ2) is 9.88. The molecule has 2 heterocycles. The molecule has 1 N–H and O–H groups in total. The quantitative estimate of drug-likeness (QED) is 0.152. The van der Waals surface area contributed by atoms with Gasteiger partial charge in [-0.15, -0.1) is 0 Å². The van der Waals surface area contributed by atoms with Crippen molar-refractivity contribution >= 4 is 44.6 Å². The number of anilines is 1. The maximum absolute atomic E-state index is 11.4. The van der Waals surface area contributed by atoms with Crippen LogP contribution in [-0.2, 0) is 15.6 Å². The van der Waals surface area contributed by atoms with E-state index in [1.807, 2.05) is 6.07 Å². The summed E-state index contributed by atoms with van der Waals surface area (Å²) in [4.78, 5) is 13.6. The number of carboxylic acids is 1. The lowest BCUT2D eigenvalue weighted by Gasteiger charge is -2.26. The smallest absolute Gasteiger partial charge is 0.305 e. The van der Waals surface area contributed by atoms with Gasteiger partial charge in [-0.2, -0.15) is 4.58 Å². The zero-order chi connectivity index (χ0) is 28.9. The first-order chi connectivity index (χ1) is 19.6. The number of allylic oxidation sites excluding steroid dienone is 6. The van der Waals surface area contributed by atoms with Crippen LogP contribution in [0.5, 0.6) is 0 Å². The Labute approximate surface area is 242 Å². The van der Waals surface area contributed by atoms with Crippen molar-refractivity contribution in [2.24, 2.45) is 0 Å². The Balaban J connectivity index is 1.36. The van der Waals surface area contributed by atoms with Crippen LogP contribution in [0.3, 0.4) is 0 Å². The summed E-state index contributed by atoms with van der Waals surface area (Å²) in [6.07, 6.45) is 10.7. The first-order valence-electron chi connectivity index (χ1n) is 14.3. The first-order valence-corrected chi connectivity index (χ1v) is 14.3. The van der Waals surface area contributed by atoms with Crippen LogP contribution in [0.25, 0.3) is 21.5 Å². The highest BCUT2D eigenvalue weighted by Gasteiger charge is 2.45. The Morgan fingerprint density at radius 1 is 0.805 bits per heavy atom. The number of hydrogen-bond donors (Lipinski definition) is 1. The third kappa shape index (κ3) is 4.21. The van der Waals surface area contributed by atoms with E-state index < -0.39 is 5.97 Å². The van der Waals surface area contributed by atoms with Crippen LogP contribution in [0, 0.1) is 0 Å². The van der Waals surface area contributed by atoms with E-state index in [0.717, 1.165) is 11.4 Å². The van der Waals surface area contributed by atoms with E-state index in [9.17, 15) is 9.90 Å². The Bertz CT molecular complexity index is 1830. The Morgan fingerprint density at radius 2 is 1.41 bits per heavy atom. The van der Waals surface area contributed by atoms with E-state index in [2.05, 4.69) is 141 Å². The van der Waals surface area contributed by atoms with Gasteiger partial charge < -0.3 is 10.0 Å². The number of para-hydroxylation sites is 1. The van der Waals surface area contributed by atoms with Crippen LogP contribution >= 0.6 is 0 Å². The molecule has 0 saturated carbocycles. The summed E-state index contributed by atoms with van der Waals surface area (Å²) in [5, 5.41) is 14.5. The predicted molar refractivity (Wildman–Crippen MR) is 171 cm³/mol. The number of rotatable bonds is 6. The lowest BCUT2D eigenvalue weighted by Crippen LogP contribution is -2.28. The minimum absolute atomic E-state index is 0.0923. The van der Waals surface area contributed by atoms with E-state index in [-0.39, 0.29) is 17.3 Å². The number of hydrogen-bond acceptors (Lipinski definition) is 2. The van der Waals surface area contributed by atoms with Gasteiger partial charge in [-0.25, -0.2) is 0 Å². The highest BCUT2D eigenvalue weighted by molar-refractivity contribution is 6.18. The molecular formula is C37H37N2O2+. The van der Waals surface area contributed by atoms with Crippen LogP contribution in [-0.4, -0.2) is 35.0 Å². The summed E-state index contributed by atoms with van der Waals surface area (Å²) in [6.45, 7) is 9.50. The molecule has 0 radical (unpaired) electrons. The van der Waals surface area contributed by atoms with Crippen LogP contribution in [0.15, 0.2) is 109 Å². The molecule has 2 aliphatic heterocycles. The molecule has 0 fully saturated rings. The van der Waals surface area contributed by atoms with Crippen LogP contribution in [0.1, 0.15) is 45.2 Å². The lowest BCUT2D eigenvalue weighted by atomic mass is 9.78. The molecule has 0 unspecified atom stereocenters.